The van der Waals surface area contributed by atoms with Gasteiger partial charge < -0.3 is 15.4 Å². The van der Waals surface area contributed by atoms with E-state index in [0.29, 0.717) is 37.0 Å². The molecule has 2 atom stereocenters. The summed E-state index contributed by atoms with van der Waals surface area (Å²) in [5.74, 6) is 0.0625. The summed E-state index contributed by atoms with van der Waals surface area (Å²) in [4.78, 5) is 27.4. The standard InChI is InChI=1S/C16H22ClN3O3/c1-11(15(18)21)19-7-9-20(10-8-19)16(22)12(2)23-14-6-4-3-5-13(14)17/h3-6,11-12H,7-10H2,1-2H3,(H2,18,21)/t11-,12-/m0/s1. The molecule has 2 N–H and O–H groups in total. The Kier molecular flexibility index (Phi) is 5.85. The third-order valence-corrected chi connectivity index (χ3v) is 4.39. The van der Waals surface area contributed by atoms with Gasteiger partial charge in [-0.25, -0.2) is 0 Å². The van der Waals surface area contributed by atoms with Gasteiger partial charge >= 0.3 is 0 Å². The molecule has 1 saturated heterocycles. The van der Waals surface area contributed by atoms with Crippen LogP contribution in [0.4, 0.5) is 0 Å². The Morgan fingerprint density at radius 1 is 1.17 bits per heavy atom. The van der Waals surface area contributed by atoms with Gasteiger partial charge in [0, 0.05) is 26.2 Å². The number of carbonyl (C=O) groups is 2. The second kappa shape index (κ2) is 7.66. The van der Waals surface area contributed by atoms with Crippen molar-refractivity contribution in [2.45, 2.75) is 26.0 Å². The predicted octanol–water partition coefficient (Wildman–Crippen LogP) is 1.13. The Morgan fingerprint density at radius 2 is 1.78 bits per heavy atom. The molecule has 1 fully saturated rings. The smallest absolute Gasteiger partial charge is 0.263 e. The lowest BCUT2D eigenvalue weighted by Crippen LogP contribution is -2.56. The molecule has 0 spiro atoms. The van der Waals surface area contributed by atoms with Crippen LogP contribution in [0.3, 0.4) is 0 Å². The van der Waals surface area contributed by atoms with Crippen LogP contribution in [0.25, 0.3) is 0 Å². The maximum atomic E-state index is 12.5. The summed E-state index contributed by atoms with van der Waals surface area (Å²) in [6, 6.07) is 6.75. The summed E-state index contributed by atoms with van der Waals surface area (Å²) in [6.45, 7) is 5.83. The van der Waals surface area contributed by atoms with E-state index in [1.54, 1.807) is 36.9 Å². The van der Waals surface area contributed by atoms with Crippen LogP contribution in [-0.2, 0) is 9.59 Å². The molecular weight excluding hydrogens is 318 g/mol. The van der Waals surface area contributed by atoms with E-state index < -0.39 is 6.10 Å². The highest BCUT2D eigenvalue weighted by Gasteiger charge is 2.29. The molecule has 2 rings (SSSR count). The lowest BCUT2D eigenvalue weighted by molar-refractivity contribution is -0.140. The number of ether oxygens (including phenoxy) is 1. The van der Waals surface area contributed by atoms with Crippen molar-refractivity contribution in [3.63, 3.8) is 0 Å². The highest BCUT2D eigenvalue weighted by atomic mass is 35.5. The molecule has 1 aliphatic heterocycles. The summed E-state index contributed by atoms with van der Waals surface area (Å²) in [6.07, 6.45) is -0.616. The Morgan fingerprint density at radius 3 is 2.35 bits per heavy atom. The van der Waals surface area contributed by atoms with Crippen LogP contribution >= 0.6 is 11.6 Å². The molecule has 0 aliphatic carbocycles. The number of piperazine rings is 1. The largest absolute Gasteiger partial charge is 0.479 e. The van der Waals surface area contributed by atoms with E-state index in [1.807, 2.05) is 11.0 Å². The fraction of sp³-hybridized carbons (Fsp3) is 0.500. The van der Waals surface area contributed by atoms with E-state index in [0.717, 1.165) is 0 Å². The second-order valence-corrected chi connectivity index (χ2v) is 6.04. The number of amides is 2. The quantitative estimate of drug-likeness (QED) is 0.872. The number of benzene rings is 1. The first kappa shape index (κ1) is 17.6. The highest BCUT2D eigenvalue weighted by Crippen LogP contribution is 2.24. The fourth-order valence-electron chi connectivity index (χ4n) is 2.55. The molecule has 1 aliphatic rings. The van der Waals surface area contributed by atoms with Gasteiger partial charge in [-0.15, -0.1) is 0 Å². The average Bonchev–Trinajstić information content (AvgIpc) is 2.55. The highest BCUT2D eigenvalue weighted by molar-refractivity contribution is 6.32. The first-order valence-corrected chi connectivity index (χ1v) is 8.01. The minimum absolute atomic E-state index is 0.0868. The Hall–Kier alpha value is -1.79. The van der Waals surface area contributed by atoms with E-state index in [9.17, 15) is 9.59 Å². The molecule has 0 bridgehead atoms. The van der Waals surface area contributed by atoms with Crippen molar-refractivity contribution in [2.24, 2.45) is 5.73 Å². The molecule has 1 heterocycles. The normalized spacial score (nSPS) is 18.3. The van der Waals surface area contributed by atoms with Crippen molar-refractivity contribution in [3.05, 3.63) is 29.3 Å². The van der Waals surface area contributed by atoms with Crippen LogP contribution in [0.15, 0.2) is 24.3 Å². The third kappa shape index (κ3) is 4.36. The van der Waals surface area contributed by atoms with Crippen molar-refractivity contribution in [1.29, 1.82) is 0 Å². The Bertz CT molecular complexity index is 573. The molecule has 0 saturated carbocycles. The summed E-state index contributed by atoms with van der Waals surface area (Å²) < 4.78 is 5.66. The molecule has 0 radical (unpaired) electrons. The van der Waals surface area contributed by atoms with Gasteiger partial charge in [0.2, 0.25) is 5.91 Å². The van der Waals surface area contributed by atoms with Gasteiger partial charge in [0.1, 0.15) is 5.75 Å². The van der Waals surface area contributed by atoms with E-state index in [4.69, 9.17) is 22.1 Å². The number of nitrogens with zero attached hydrogens (tertiary/aromatic N) is 2. The number of nitrogens with two attached hydrogens (primary N) is 1. The fourth-order valence-corrected chi connectivity index (χ4v) is 2.73. The Labute approximate surface area is 141 Å². The zero-order valence-electron chi connectivity index (χ0n) is 13.4. The lowest BCUT2D eigenvalue weighted by Gasteiger charge is -2.37. The molecule has 7 heteroatoms. The van der Waals surface area contributed by atoms with Gasteiger partial charge in [-0.3, -0.25) is 14.5 Å². The molecule has 1 aromatic rings. The number of hydrogen-bond acceptors (Lipinski definition) is 4. The zero-order valence-corrected chi connectivity index (χ0v) is 14.1. The minimum atomic E-state index is -0.616. The van der Waals surface area contributed by atoms with Crippen LogP contribution in [0.1, 0.15) is 13.8 Å². The van der Waals surface area contributed by atoms with E-state index in [2.05, 4.69) is 0 Å². The summed E-state index contributed by atoms with van der Waals surface area (Å²) in [5.41, 5.74) is 5.32. The number of para-hydroxylation sites is 1. The topological polar surface area (TPSA) is 75.9 Å². The van der Waals surface area contributed by atoms with Crippen molar-refractivity contribution < 1.29 is 14.3 Å². The SMILES string of the molecule is C[C@H](Oc1ccccc1Cl)C(=O)N1CCN([C@@H](C)C(N)=O)CC1. The molecule has 0 unspecified atom stereocenters. The van der Waals surface area contributed by atoms with Crippen LogP contribution in [-0.4, -0.2) is 59.9 Å². The van der Waals surface area contributed by atoms with E-state index in [-0.39, 0.29) is 17.9 Å². The van der Waals surface area contributed by atoms with Crippen molar-refractivity contribution in [3.8, 4) is 5.75 Å². The van der Waals surface area contributed by atoms with E-state index >= 15 is 0 Å². The number of halogens is 1. The second-order valence-electron chi connectivity index (χ2n) is 5.63. The first-order valence-electron chi connectivity index (χ1n) is 7.63. The third-order valence-electron chi connectivity index (χ3n) is 4.07. The lowest BCUT2D eigenvalue weighted by atomic mass is 10.2. The maximum absolute atomic E-state index is 12.5. The maximum Gasteiger partial charge on any atom is 0.263 e. The van der Waals surface area contributed by atoms with Gasteiger partial charge in [-0.1, -0.05) is 23.7 Å². The molecule has 0 aromatic heterocycles. The monoisotopic (exact) mass is 339 g/mol. The van der Waals surface area contributed by atoms with Gasteiger partial charge in [-0.05, 0) is 26.0 Å². The molecule has 126 valence electrons. The zero-order chi connectivity index (χ0) is 17.0. The predicted molar refractivity (Wildman–Crippen MR) is 88.4 cm³/mol. The molecule has 6 nitrogen and oxygen atoms in total. The van der Waals surface area contributed by atoms with Crippen molar-refractivity contribution in [1.82, 2.24) is 9.80 Å². The van der Waals surface area contributed by atoms with Crippen molar-refractivity contribution in [2.75, 3.05) is 26.2 Å². The average molecular weight is 340 g/mol. The minimum Gasteiger partial charge on any atom is -0.479 e. The molecule has 2 amide bonds. The van der Waals surface area contributed by atoms with Gasteiger partial charge in [-0.2, -0.15) is 0 Å². The number of rotatable bonds is 5. The van der Waals surface area contributed by atoms with Crippen LogP contribution < -0.4 is 10.5 Å². The first-order chi connectivity index (χ1) is 10.9. The molecular formula is C16H22ClN3O3. The van der Waals surface area contributed by atoms with Crippen molar-refractivity contribution >= 4 is 23.4 Å². The van der Waals surface area contributed by atoms with Crippen LogP contribution in [0, 0.1) is 0 Å². The summed E-state index contributed by atoms with van der Waals surface area (Å²) in [5, 5.41) is 0.479. The van der Waals surface area contributed by atoms with Gasteiger partial charge in [0.15, 0.2) is 6.10 Å². The van der Waals surface area contributed by atoms with Crippen LogP contribution in [0.5, 0.6) is 5.75 Å². The van der Waals surface area contributed by atoms with Gasteiger partial charge in [0.05, 0.1) is 11.1 Å². The number of hydrogen-bond donors (Lipinski definition) is 1. The number of carbonyl (C=O) groups excluding carboxylic acids is 2. The van der Waals surface area contributed by atoms with E-state index in [1.165, 1.54) is 0 Å². The van der Waals surface area contributed by atoms with Gasteiger partial charge in [0.25, 0.3) is 5.91 Å². The summed E-state index contributed by atoms with van der Waals surface area (Å²) >= 11 is 6.04. The Balaban J connectivity index is 1.89. The summed E-state index contributed by atoms with van der Waals surface area (Å²) in [7, 11) is 0. The van der Waals surface area contributed by atoms with Crippen LogP contribution in [0.2, 0.25) is 5.02 Å². The molecule has 1 aromatic carbocycles. The number of primary amides is 1. The molecule has 23 heavy (non-hydrogen) atoms.